The van der Waals surface area contributed by atoms with Gasteiger partial charge in [0.15, 0.2) is 6.10 Å². The van der Waals surface area contributed by atoms with Crippen LogP contribution in [0.4, 0.5) is 0 Å². The Kier molecular flexibility index (Phi) is 3.85. The minimum Gasteiger partial charge on any atom is -0.480 e. The van der Waals surface area contributed by atoms with E-state index in [1.54, 1.807) is 6.07 Å². The molecule has 0 radical (unpaired) electrons. The monoisotopic (exact) mass is 294 g/mol. The lowest BCUT2D eigenvalue weighted by Gasteiger charge is -2.20. The number of carbonyl (C=O) groups excluding carboxylic acids is 1. The molecule has 3 rings (SSSR count). The van der Waals surface area contributed by atoms with Crippen molar-refractivity contribution in [1.82, 2.24) is 10.2 Å². The van der Waals surface area contributed by atoms with Crippen LogP contribution < -0.4 is 10.1 Å². The zero-order valence-electron chi connectivity index (χ0n) is 11.6. The van der Waals surface area contributed by atoms with E-state index in [1.165, 1.54) is 0 Å². The first kappa shape index (κ1) is 13.7. The van der Waals surface area contributed by atoms with Gasteiger partial charge in [-0.1, -0.05) is 11.6 Å². The molecule has 20 heavy (non-hydrogen) atoms. The number of hydrogen-bond acceptors (Lipinski definition) is 3. The van der Waals surface area contributed by atoms with Gasteiger partial charge < -0.3 is 15.0 Å². The van der Waals surface area contributed by atoms with Gasteiger partial charge in [-0.3, -0.25) is 4.79 Å². The van der Waals surface area contributed by atoms with Crippen LogP contribution in [0.5, 0.6) is 5.75 Å². The lowest BCUT2D eigenvalue weighted by molar-refractivity contribution is -0.136. The fourth-order valence-electron chi connectivity index (χ4n) is 3.05. The number of halogens is 1. The molecule has 1 aromatic carbocycles. The van der Waals surface area contributed by atoms with E-state index < -0.39 is 0 Å². The van der Waals surface area contributed by atoms with E-state index in [0.717, 1.165) is 37.4 Å². The van der Waals surface area contributed by atoms with Crippen molar-refractivity contribution in [3.05, 3.63) is 28.8 Å². The third kappa shape index (κ3) is 2.63. The number of likely N-dealkylation sites (tertiary alicyclic amines) is 1. The van der Waals surface area contributed by atoms with Gasteiger partial charge in [0.1, 0.15) is 5.75 Å². The lowest BCUT2D eigenvalue weighted by Crippen LogP contribution is -2.40. The molecule has 108 valence electrons. The Morgan fingerprint density at radius 2 is 2.40 bits per heavy atom. The zero-order chi connectivity index (χ0) is 14.1. The van der Waals surface area contributed by atoms with Crippen molar-refractivity contribution >= 4 is 17.5 Å². The Morgan fingerprint density at radius 1 is 1.55 bits per heavy atom. The predicted octanol–water partition coefficient (Wildman–Crippen LogP) is 1.71. The zero-order valence-corrected chi connectivity index (χ0v) is 12.3. The highest BCUT2D eigenvalue weighted by Gasteiger charge is 2.35. The van der Waals surface area contributed by atoms with Gasteiger partial charge in [-0.25, -0.2) is 0 Å². The fraction of sp³-hybridized carbons (Fsp3) is 0.533. The third-order valence-corrected chi connectivity index (χ3v) is 4.30. The van der Waals surface area contributed by atoms with Gasteiger partial charge in [0.05, 0.1) is 0 Å². The molecule has 0 spiro atoms. The Balaban J connectivity index is 1.63. The second kappa shape index (κ2) is 5.62. The maximum atomic E-state index is 12.5. The Hall–Kier alpha value is -1.26. The number of rotatable bonds is 3. The molecule has 1 saturated heterocycles. The lowest BCUT2D eigenvalue weighted by atomic mass is 10.1. The number of amides is 1. The molecule has 0 saturated carbocycles. The van der Waals surface area contributed by atoms with Crippen molar-refractivity contribution in [2.45, 2.75) is 18.9 Å². The minimum absolute atomic E-state index is 0.107. The van der Waals surface area contributed by atoms with Crippen LogP contribution in [0.3, 0.4) is 0 Å². The van der Waals surface area contributed by atoms with Crippen LogP contribution in [0.2, 0.25) is 5.02 Å². The first-order valence-corrected chi connectivity index (χ1v) is 7.43. The molecule has 1 aromatic rings. The van der Waals surface area contributed by atoms with E-state index in [-0.39, 0.29) is 12.0 Å². The highest BCUT2D eigenvalue weighted by molar-refractivity contribution is 6.30. The van der Waals surface area contributed by atoms with Crippen molar-refractivity contribution < 1.29 is 9.53 Å². The summed E-state index contributed by atoms with van der Waals surface area (Å²) in [5, 5.41) is 3.87. The molecule has 4 nitrogen and oxygen atoms in total. The quantitative estimate of drug-likeness (QED) is 0.923. The fourth-order valence-corrected chi connectivity index (χ4v) is 3.24. The Bertz CT molecular complexity index is 521. The molecule has 2 heterocycles. The van der Waals surface area contributed by atoms with Gasteiger partial charge in [-0.15, -0.1) is 0 Å². The van der Waals surface area contributed by atoms with E-state index in [2.05, 4.69) is 5.32 Å². The summed E-state index contributed by atoms with van der Waals surface area (Å²) in [6.07, 6.45) is 1.32. The van der Waals surface area contributed by atoms with Crippen molar-refractivity contribution in [3.63, 3.8) is 0 Å². The molecule has 5 heteroatoms. The summed E-state index contributed by atoms with van der Waals surface area (Å²) in [4.78, 5) is 14.4. The first-order chi connectivity index (χ1) is 9.67. The number of nitrogens with one attached hydrogen (secondary N) is 1. The van der Waals surface area contributed by atoms with Crippen LogP contribution in [0.15, 0.2) is 18.2 Å². The number of benzene rings is 1. The number of nitrogens with zero attached hydrogens (tertiary/aromatic N) is 1. The summed E-state index contributed by atoms with van der Waals surface area (Å²) in [6.45, 7) is 2.63. The third-order valence-electron chi connectivity index (χ3n) is 4.06. The van der Waals surface area contributed by atoms with Gasteiger partial charge in [-0.05, 0) is 49.7 Å². The van der Waals surface area contributed by atoms with Gasteiger partial charge in [0.25, 0.3) is 5.91 Å². The van der Waals surface area contributed by atoms with Gasteiger partial charge in [0.2, 0.25) is 0 Å². The van der Waals surface area contributed by atoms with Crippen LogP contribution >= 0.6 is 11.6 Å². The van der Waals surface area contributed by atoms with Crippen LogP contribution in [-0.2, 0) is 11.2 Å². The number of hydrogen-bond donors (Lipinski definition) is 1. The molecule has 1 fully saturated rings. The Labute approximate surface area is 124 Å². The average Bonchev–Trinajstić information content (AvgIpc) is 3.04. The molecule has 2 atom stereocenters. The largest absolute Gasteiger partial charge is 0.480 e. The molecule has 1 amide bonds. The summed E-state index contributed by atoms with van der Waals surface area (Å²) in [7, 11) is 1.95. The van der Waals surface area contributed by atoms with E-state index >= 15 is 0 Å². The van der Waals surface area contributed by atoms with Gasteiger partial charge in [0, 0.05) is 24.5 Å². The number of ether oxygens (including phenoxy) is 1. The van der Waals surface area contributed by atoms with Crippen LogP contribution in [-0.4, -0.2) is 43.6 Å². The minimum atomic E-state index is -0.378. The molecular weight excluding hydrogens is 276 g/mol. The standard InChI is InChI=1S/C15H19ClN2O2/c1-17-8-10-4-5-18(9-10)15(19)14-7-11-6-12(16)2-3-13(11)20-14/h2-3,6,10,14,17H,4-5,7-9H2,1H3/t10-,14+/m1/s1. The van der Waals surface area contributed by atoms with Crippen molar-refractivity contribution in [2.24, 2.45) is 5.92 Å². The van der Waals surface area contributed by atoms with Crippen molar-refractivity contribution in [2.75, 3.05) is 26.7 Å². The maximum Gasteiger partial charge on any atom is 0.264 e. The Morgan fingerprint density at radius 3 is 3.20 bits per heavy atom. The highest BCUT2D eigenvalue weighted by atomic mass is 35.5. The number of fused-ring (bicyclic) bond motifs is 1. The van der Waals surface area contributed by atoms with E-state index in [4.69, 9.17) is 16.3 Å². The molecule has 0 aliphatic carbocycles. The summed E-state index contributed by atoms with van der Waals surface area (Å²) >= 11 is 5.97. The second-order valence-corrected chi connectivity index (χ2v) is 6.00. The summed E-state index contributed by atoms with van der Waals surface area (Å²) < 4.78 is 5.77. The van der Waals surface area contributed by atoms with E-state index in [0.29, 0.717) is 17.4 Å². The molecule has 1 N–H and O–H groups in total. The smallest absolute Gasteiger partial charge is 0.264 e. The van der Waals surface area contributed by atoms with Crippen LogP contribution in [0, 0.1) is 5.92 Å². The van der Waals surface area contributed by atoms with Crippen molar-refractivity contribution in [1.29, 1.82) is 0 Å². The second-order valence-electron chi connectivity index (χ2n) is 5.56. The topological polar surface area (TPSA) is 41.6 Å². The van der Waals surface area contributed by atoms with E-state index in [9.17, 15) is 4.79 Å². The molecular formula is C15H19ClN2O2. The molecule has 2 aliphatic rings. The molecule has 0 bridgehead atoms. The summed E-state index contributed by atoms with van der Waals surface area (Å²) in [5.41, 5.74) is 1.03. The van der Waals surface area contributed by atoms with E-state index in [1.807, 2.05) is 24.1 Å². The van der Waals surface area contributed by atoms with Crippen LogP contribution in [0.25, 0.3) is 0 Å². The summed E-state index contributed by atoms with van der Waals surface area (Å²) in [6, 6.07) is 5.53. The maximum absolute atomic E-state index is 12.5. The predicted molar refractivity (Wildman–Crippen MR) is 78.2 cm³/mol. The average molecular weight is 295 g/mol. The van der Waals surface area contributed by atoms with Crippen molar-refractivity contribution in [3.8, 4) is 5.75 Å². The molecule has 2 aliphatic heterocycles. The van der Waals surface area contributed by atoms with Gasteiger partial charge in [-0.2, -0.15) is 0 Å². The summed E-state index contributed by atoms with van der Waals surface area (Å²) in [5.74, 6) is 1.46. The molecule has 0 unspecified atom stereocenters. The normalized spacial score (nSPS) is 24.6. The van der Waals surface area contributed by atoms with Crippen LogP contribution in [0.1, 0.15) is 12.0 Å². The van der Waals surface area contributed by atoms with Gasteiger partial charge >= 0.3 is 0 Å². The highest BCUT2D eigenvalue weighted by Crippen LogP contribution is 2.32. The first-order valence-electron chi connectivity index (χ1n) is 7.06. The molecule has 0 aromatic heterocycles. The number of carbonyl (C=O) groups is 1. The SMILES string of the molecule is CNC[C@H]1CCN(C(=O)[C@@H]2Cc3cc(Cl)ccc3O2)C1.